The van der Waals surface area contributed by atoms with E-state index in [1.54, 1.807) is 24.3 Å². The first kappa shape index (κ1) is 26.4. The summed E-state index contributed by atoms with van der Waals surface area (Å²) in [5.74, 6) is -1.05. The van der Waals surface area contributed by atoms with E-state index >= 15 is 0 Å². The molecule has 0 aromatic heterocycles. The molecule has 8 heteroatoms. The zero-order valence-electron chi connectivity index (χ0n) is 19.8. The summed E-state index contributed by atoms with van der Waals surface area (Å²) in [6.07, 6.45) is -4.72. The summed E-state index contributed by atoms with van der Waals surface area (Å²) < 4.78 is 72.7. The molecule has 4 aromatic carbocycles. The van der Waals surface area contributed by atoms with Crippen molar-refractivity contribution < 1.29 is 31.8 Å². The fourth-order valence-electron chi connectivity index (χ4n) is 3.48. The second kappa shape index (κ2) is 11.6. The lowest BCUT2D eigenvalue weighted by atomic mass is 10.1. The minimum absolute atomic E-state index is 0.0493. The molecule has 0 atom stereocenters. The minimum atomic E-state index is -4.72. The first-order valence-corrected chi connectivity index (χ1v) is 11.7. The van der Waals surface area contributed by atoms with Crippen molar-refractivity contribution in [1.82, 2.24) is 0 Å². The molecule has 0 heterocycles. The van der Waals surface area contributed by atoms with Crippen molar-refractivity contribution in [2.45, 2.75) is 32.9 Å². The first-order chi connectivity index (χ1) is 17.7. The maximum absolute atomic E-state index is 14.0. The van der Waals surface area contributed by atoms with E-state index in [9.17, 15) is 17.6 Å². The molecule has 0 N–H and O–H groups in total. The summed E-state index contributed by atoms with van der Waals surface area (Å²) >= 11 is 5.94. The highest BCUT2D eigenvalue weighted by Crippen LogP contribution is 2.47. The van der Waals surface area contributed by atoms with E-state index in [4.69, 9.17) is 25.8 Å². The molecule has 0 spiro atoms. The molecule has 4 aromatic rings. The van der Waals surface area contributed by atoms with E-state index < -0.39 is 23.3 Å². The molecule has 0 fully saturated rings. The minimum Gasteiger partial charge on any atom is -0.485 e. The highest BCUT2D eigenvalue weighted by molar-refractivity contribution is 6.30. The van der Waals surface area contributed by atoms with E-state index in [0.29, 0.717) is 16.1 Å². The third kappa shape index (κ3) is 7.17. The van der Waals surface area contributed by atoms with Gasteiger partial charge in [-0.1, -0.05) is 65.7 Å². The number of rotatable bonds is 9. The summed E-state index contributed by atoms with van der Waals surface area (Å²) in [4.78, 5) is 0. The fraction of sp³-hybridized carbons (Fsp3) is 0.172. The summed E-state index contributed by atoms with van der Waals surface area (Å²) in [7, 11) is 0. The molecular weight excluding hydrogens is 508 g/mol. The van der Waals surface area contributed by atoms with Gasteiger partial charge in [0.25, 0.3) is 0 Å². The van der Waals surface area contributed by atoms with Gasteiger partial charge in [-0.2, -0.15) is 13.2 Å². The Morgan fingerprint density at radius 3 is 1.68 bits per heavy atom. The van der Waals surface area contributed by atoms with E-state index in [-0.39, 0.29) is 31.3 Å². The Kier molecular flexibility index (Phi) is 8.24. The highest BCUT2D eigenvalue weighted by atomic mass is 35.5. The number of benzene rings is 4. The van der Waals surface area contributed by atoms with Gasteiger partial charge in [-0.15, -0.1) is 0 Å². The lowest BCUT2D eigenvalue weighted by molar-refractivity contribution is -0.139. The monoisotopic (exact) mass is 530 g/mol. The van der Waals surface area contributed by atoms with Crippen molar-refractivity contribution in [2.24, 2.45) is 0 Å². The average molecular weight is 531 g/mol. The summed E-state index contributed by atoms with van der Waals surface area (Å²) in [5.41, 5.74) is 2.08. The van der Waals surface area contributed by atoms with Gasteiger partial charge in [-0.3, -0.25) is 0 Å². The van der Waals surface area contributed by atoms with Crippen molar-refractivity contribution in [3.05, 3.63) is 124 Å². The lowest BCUT2D eigenvalue weighted by Crippen LogP contribution is -2.12. The average Bonchev–Trinajstić information content (AvgIpc) is 2.87. The molecule has 0 radical (unpaired) electrons. The maximum Gasteiger partial charge on any atom is 0.420 e. The van der Waals surface area contributed by atoms with Crippen LogP contribution >= 0.6 is 11.6 Å². The number of aryl methyl sites for hydroxylation is 1. The Balaban J connectivity index is 1.69. The molecule has 0 aliphatic carbocycles. The van der Waals surface area contributed by atoms with Crippen LogP contribution < -0.4 is 14.2 Å². The van der Waals surface area contributed by atoms with Crippen molar-refractivity contribution in [3.8, 4) is 17.2 Å². The van der Waals surface area contributed by atoms with Crippen molar-refractivity contribution >= 4 is 11.6 Å². The molecule has 0 amide bonds. The zero-order chi connectivity index (χ0) is 26.4. The second-order valence-corrected chi connectivity index (χ2v) is 8.81. The van der Waals surface area contributed by atoms with E-state index in [1.807, 2.05) is 31.2 Å². The van der Waals surface area contributed by atoms with E-state index in [1.165, 1.54) is 30.3 Å². The van der Waals surface area contributed by atoms with Gasteiger partial charge < -0.3 is 14.2 Å². The molecule has 0 saturated carbocycles. The van der Waals surface area contributed by atoms with Gasteiger partial charge in [-0.05, 0) is 60.0 Å². The number of alkyl halides is 3. The molecule has 0 aliphatic heterocycles. The standard InChI is InChI=1S/C29H23ClF4O3/c1-19-2-4-20(5-3-19)16-35-26-15-14-25(29(32,33)34)27(36-17-22-8-12-24(31)13-9-22)28(26)37-18-21-6-10-23(30)11-7-21/h2-15H,16-18H2,1H3. The van der Waals surface area contributed by atoms with Crippen LogP contribution in [0.1, 0.15) is 27.8 Å². The van der Waals surface area contributed by atoms with Crippen LogP contribution in [0.5, 0.6) is 17.2 Å². The molecule has 0 bridgehead atoms. The van der Waals surface area contributed by atoms with Gasteiger partial charge in [0.15, 0.2) is 11.5 Å². The van der Waals surface area contributed by atoms with Crippen molar-refractivity contribution in [1.29, 1.82) is 0 Å². The molecule has 4 rings (SSSR count). The largest absolute Gasteiger partial charge is 0.485 e. The van der Waals surface area contributed by atoms with Gasteiger partial charge in [0.05, 0.1) is 0 Å². The van der Waals surface area contributed by atoms with Crippen LogP contribution in [0.3, 0.4) is 0 Å². The number of ether oxygens (including phenoxy) is 3. The van der Waals surface area contributed by atoms with Crippen LogP contribution in [0.2, 0.25) is 5.02 Å². The van der Waals surface area contributed by atoms with Crippen LogP contribution in [0, 0.1) is 12.7 Å². The van der Waals surface area contributed by atoms with Crippen LogP contribution in [-0.4, -0.2) is 0 Å². The SMILES string of the molecule is Cc1ccc(COc2ccc(C(F)(F)F)c(OCc3ccc(F)cc3)c2OCc2ccc(Cl)cc2)cc1. The van der Waals surface area contributed by atoms with Crippen LogP contribution in [0.15, 0.2) is 84.9 Å². The fourth-order valence-corrected chi connectivity index (χ4v) is 3.61. The lowest BCUT2D eigenvalue weighted by Gasteiger charge is -2.21. The Labute approximate surface area is 217 Å². The van der Waals surface area contributed by atoms with Crippen molar-refractivity contribution in [3.63, 3.8) is 0 Å². The van der Waals surface area contributed by atoms with Crippen LogP contribution in [-0.2, 0) is 26.0 Å². The zero-order valence-corrected chi connectivity index (χ0v) is 20.6. The van der Waals surface area contributed by atoms with E-state index in [2.05, 4.69) is 0 Å². The Bertz CT molecular complexity index is 1320. The third-order valence-electron chi connectivity index (χ3n) is 5.49. The first-order valence-electron chi connectivity index (χ1n) is 11.4. The number of hydrogen-bond acceptors (Lipinski definition) is 3. The summed E-state index contributed by atoms with van der Waals surface area (Å²) in [6.45, 7) is 1.78. The predicted molar refractivity (Wildman–Crippen MR) is 133 cm³/mol. The van der Waals surface area contributed by atoms with Gasteiger partial charge in [0, 0.05) is 5.02 Å². The molecule has 0 aliphatic rings. The summed E-state index contributed by atoms with van der Waals surface area (Å²) in [5, 5.41) is 0.522. The molecule has 3 nitrogen and oxygen atoms in total. The number of halogens is 5. The number of hydrogen-bond donors (Lipinski definition) is 0. The maximum atomic E-state index is 14.0. The normalized spacial score (nSPS) is 11.3. The van der Waals surface area contributed by atoms with Crippen LogP contribution in [0.4, 0.5) is 17.6 Å². The quantitative estimate of drug-likeness (QED) is 0.203. The molecule has 0 unspecified atom stereocenters. The molecule has 37 heavy (non-hydrogen) atoms. The molecular formula is C29H23ClF4O3. The Morgan fingerprint density at radius 2 is 1.11 bits per heavy atom. The van der Waals surface area contributed by atoms with E-state index in [0.717, 1.165) is 17.2 Å². The van der Waals surface area contributed by atoms with Gasteiger partial charge in [0.1, 0.15) is 31.2 Å². The van der Waals surface area contributed by atoms with Gasteiger partial charge in [0.2, 0.25) is 5.75 Å². The summed E-state index contributed by atoms with van der Waals surface area (Å²) in [6, 6.07) is 21.7. The third-order valence-corrected chi connectivity index (χ3v) is 5.74. The Morgan fingerprint density at radius 1 is 0.622 bits per heavy atom. The van der Waals surface area contributed by atoms with Gasteiger partial charge in [-0.25, -0.2) is 4.39 Å². The van der Waals surface area contributed by atoms with Crippen molar-refractivity contribution in [2.75, 3.05) is 0 Å². The topological polar surface area (TPSA) is 27.7 Å². The predicted octanol–water partition coefficient (Wildman–Crippen LogP) is 8.54. The van der Waals surface area contributed by atoms with Crippen LogP contribution in [0.25, 0.3) is 0 Å². The molecule has 0 saturated heterocycles. The second-order valence-electron chi connectivity index (χ2n) is 8.37. The highest BCUT2D eigenvalue weighted by Gasteiger charge is 2.37. The van der Waals surface area contributed by atoms with Gasteiger partial charge >= 0.3 is 6.18 Å². The molecule has 192 valence electrons. The Hall–Kier alpha value is -3.71. The smallest absolute Gasteiger partial charge is 0.420 e.